The minimum Gasteiger partial charge on any atom is -1.00 e. The first-order valence-corrected chi connectivity index (χ1v) is 8.07. The highest BCUT2D eigenvalue weighted by Crippen LogP contribution is 2.58. The van der Waals surface area contributed by atoms with Gasteiger partial charge < -0.3 is 12.4 Å². The first-order valence-electron chi connectivity index (χ1n) is 6.85. The van der Waals surface area contributed by atoms with Gasteiger partial charge in [0.05, 0.1) is 10.5 Å². The van der Waals surface area contributed by atoms with Crippen LogP contribution in [0.1, 0.15) is 50.0 Å². The van der Waals surface area contributed by atoms with Crippen molar-refractivity contribution in [3.63, 3.8) is 0 Å². The van der Waals surface area contributed by atoms with Crippen LogP contribution in [0.25, 0.3) is 10.1 Å². The number of rotatable bonds is 1. The fourth-order valence-corrected chi connectivity index (χ4v) is 4.74. The van der Waals surface area contributed by atoms with E-state index in [0.717, 1.165) is 23.8 Å². The van der Waals surface area contributed by atoms with Crippen LogP contribution in [0.4, 0.5) is 13.2 Å². The van der Waals surface area contributed by atoms with Crippen molar-refractivity contribution in [1.29, 1.82) is 0 Å². The number of benzene rings is 1. The van der Waals surface area contributed by atoms with E-state index in [1.165, 1.54) is 0 Å². The Morgan fingerprint density at radius 1 is 1.05 bits per heavy atom. The van der Waals surface area contributed by atoms with E-state index in [2.05, 4.69) is 0 Å². The molecule has 2 aromatic rings. The van der Waals surface area contributed by atoms with Crippen molar-refractivity contribution in [2.24, 2.45) is 0 Å². The number of thiophene rings is 1. The molecular weight excluding hydrogens is 317 g/mol. The summed E-state index contributed by atoms with van der Waals surface area (Å²) in [5.41, 5.74) is -3.31. The number of hydrogen-bond donors (Lipinski definition) is 0. The average Bonchev–Trinajstić information content (AvgIpc) is 3.05. The zero-order chi connectivity index (χ0) is 14.7. The average molecular weight is 335 g/mol. The minimum absolute atomic E-state index is 0. The fraction of sp³-hybridized carbons (Fsp3) is 0.500. The van der Waals surface area contributed by atoms with E-state index >= 15 is 0 Å². The molecule has 116 valence electrons. The van der Waals surface area contributed by atoms with Crippen LogP contribution >= 0.6 is 10.5 Å². The Kier molecular flexibility index (Phi) is 4.09. The number of halogens is 4. The molecule has 1 heterocycles. The second kappa shape index (κ2) is 5.17. The monoisotopic (exact) mass is 334 g/mol. The molecule has 1 fully saturated rings. The number of hydrogen-bond acceptors (Lipinski definition) is 0. The maximum Gasteiger partial charge on any atom is 0.600 e. The van der Waals surface area contributed by atoms with Gasteiger partial charge in [-0.2, -0.15) is 0 Å². The summed E-state index contributed by atoms with van der Waals surface area (Å²) in [6.45, 7) is 6.10. The molecule has 1 aromatic carbocycles. The Morgan fingerprint density at radius 2 is 1.67 bits per heavy atom. The van der Waals surface area contributed by atoms with Gasteiger partial charge in [-0.25, -0.2) is 0 Å². The van der Waals surface area contributed by atoms with Crippen LogP contribution in [-0.2, 0) is 10.9 Å². The molecule has 0 nitrogen and oxygen atoms in total. The van der Waals surface area contributed by atoms with Crippen LogP contribution in [0.2, 0.25) is 0 Å². The van der Waals surface area contributed by atoms with Gasteiger partial charge in [-0.15, -0.1) is 13.2 Å². The van der Waals surface area contributed by atoms with Crippen molar-refractivity contribution in [1.82, 2.24) is 0 Å². The lowest BCUT2D eigenvalue weighted by Crippen LogP contribution is -3.00. The Hall–Kier alpha value is -0.740. The van der Waals surface area contributed by atoms with E-state index in [-0.39, 0.29) is 23.7 Å². The molecule has 0 aliphatic heterocycles. The van der Waals surface area contributed by atoms with Crippen LogP contribution in [0.3, 0.4) is 0 Å². The summed E-state index contributed by atoms with van der Waals surface area (Å²) in [7, 11) is -1.71. The Bertz CT molecular complexity index is 660. The molecule has 1 atom stereocenters. The van der Waals surface area contributed by atoms with Gasteiger partial charge >= 0.3 is 5.51 Å². The number of fused-ring (bicyclic) bond motifs is 1. The lowest BCUT2D eigenvalue weighted by molar-refractivity contribution is -0.0867. The van der Waals surface area contributed by atoms with Crippen molar-refractivity contribution in [3.05, 3.63) is 34.7 Å². The molecule has 1 saturated carbocycles. The lowest BCUT2D eigenvalue weighted by atomic mass is 9.87. The smallest absolute Gasteiger partial charge is 0.600 e. The molecule has 0 amide bonds. The van der Waals surface area contributed by atoms with Crippen molar-refractivity contribution >= 4 is 20.6 Å². The standard InChI is InChI=1S/C16H18F3S.ClH/c1-15(2,3)12-7-6-11-8-13(10-4-5-10)20(14(11)9-12)16(17,18)19;/h6-10H,4-5H2,1-3H3;1H/q+1;/p-1. The Labute approximate surface area is 131 Å². The summed E-state index contributed by atoms with van der Waals surface area (Å²) in [6.07, 6.45) is 1.82. The molecule has 0 N–H and O–H groups in total. The SMILES string of the molecule is CC(C)(C)c1ccc2cc(C3CC3)[s+](C(F)(F)F)c2c1.[Cl-]. The van der Waals surface area contributed by atoms with Gasteiger partial charge in [0.15, 0.2) is 9.58 Å². The van der Waals surface area contributed by atoms with Crippen molar-refractivity contribution in [2.75, 3.05) is 0 Å². The lowest BCUT2D eigenvalue weighted by Gasteiger charge is -2.18. The van der Waals surface area contributed by atoms with Gasteiger partial charge in [0.1, 0.15) is 0 Å². The molecule has 1 unspecified atom stereocenters. The highest BCUT2D eigenvalue weighted by Gasteiger charge is 2.51. The summed E-state index contributed by atoms with van der Waals surface area (Å²) >= 11 is 0. The summed E-state index contributed by atoms with van der Waals surface area (Å²) in [5, 5.41) is 0.764. The maximum absolute atomic E-state index is 13.5. The Morgan fingerprint density at radius 3 is 2.14 bits per heavy atom. The van der Waals surface area contributed by atoms with Crippen LogP contribution in [0.15, 0.2) is 24.3 Å². The highest BCUT2D eigenvalue weighted by molar-refractivity contribution is 7.38. The van der Waals surface area contributed by atoms with E-state index in [1.54, 1.807) is 12.1 Å². The first-order chi connectivity index (χ1) is 9.18. The van der Waals surface area contributed by atoms with Crippen molar-refractivity contribution < 1.29 is 25.6 Å². The fourth-order valence-electron chi connectivity index (χ4n) is 2.55. The third-order valence-corrected chi connectivity index (χ3v) is 6.02. The van der Waals surface area contributed by atoms with E-state index < -0.39 is 16.0 Å². The molecule has 0 saturated heterocycles. The summed E-state index contributed by atoms with van der Waals surface area (Å²) in [4.78, 5) is 0.610. The molecule has 0 bridgehead atoms. The van der Waals surface area contributed by atoms with Crippen LogP contribution < -0.4 is 12.4 Å². The molecule has 1 aliphatic carbocycles. The minimum atomic E-state index is -4.16. The largest absolute Gasteiger partial charge is 1.00 e. The molecule has 3 rings (SSSR count). The van der Waals surface area contributed by atoms with Crippen molar-refractivity contribution in [3.8, 4) is 0 Å². The third-order valence-electron chi connectivity index (χ3n) is 3.84. The predicted molar refractivity (Wildman–Crippen MR) is 78.4 cm³/mol. The molecule has 1 aromatic heterocycles. The molecule has 0 radical (unpaired) electrons. The summed E-state index contributed by atoms with van der Waals surface area (Å²) in [6, 6.07) is 7.38. The quantitative estimate of drug-likeness (QED) is 0.702. The van der Waals surface area contributed by atoms with E-state index in [1.807, 2.05) is 32.9 Å². The first kappa shape index (κ1) is 16.6. The van der Waals surface area contributed by atoms with Crippen molar-refractivity contribution in [2.45, 2.75) is 50.5 Å². The van der Waals surface area contributed by atoms with Gasteiger partial charge in [-0.3, -0.25) is 0 Å². The van der Waals surface area contributed by atoms with E-state index in [9.17, 15) is 13.2 Å². The zero-order valence-corrected chi connectivity index (χ0v) is 13.8. The second-order valence-electron chi connectivity index (χ2n) is 6.58. The Balaban J connectivity index is 0.00000161. The molecular formula is C16H18ClF3S. The van der Waals surface area contributed by atoms with Crippen LogP contribution in [0.5, 0.6) is 0 Å². The molecule has 21 heavy (non-hydrogen) atoms. The maximum atomic E-state index is 13.5. The van der Waals surface area contributed by atoms with Gasteiger partial charge in [0, 0.05) is 23.4 Å². The molecule has 0 spiro atoms. The van der Waals surface area contributed by atoms with Gasteiger partial charge in [-0.05, 0) is 29.9 Å². The summed E-state index contributed by atoms with van der Waals surface area (Å²) in [5.74, 6) is 0.158. The van der Waals surface area contributed by atoms with Crippen LogP contribution in [-0.4, -0.2) is 0 Å². The second-order valence-corrected chi connectivity index (χ2v) is 8.56. The van der Waals surface area contributed by atoms with E-state index in [0.29, 0.717) is 9.58 Å². The normalized spacial score (nSPS) is 17.0. The van der Waals surface area contributed by atoms with Gasteiger partial charge in [0.2, 0.25) is 0 Å². The molecule has 1 aliphatic rings. The van der Waals surface area contributed by atoms with Gasteiger partial charge in [0.25, 0.3) is 0 Å². The summed E-state index contributed by atoms with van der Waals surface area (Å²) < 4.78 is 40.9. The number of alkyl halides is 3. The van der Waals surface area contributed by atoms with Crippen LogP contribution in [0, 0.1) is 0 Å². The highest BCUT2D eigenvalue weighted by atomic mass is 35.5. The molecule has 5 heteroatoms. The third kappa shape index (κ3) is 3.07. The topological polar surface area (TPSA) is 0 Å². The van der Waals surface area contributed by atoms with Gasteiger partial charge in [-0.1, -0.05) is 26.8 Å². The zero-order valence-electron chi connectivity index (χ0n) is 12.2. The predicted octanol–water partition coefficient (Wildman–Crippen LogP) is 3.24. The van der Waals surface area contributed by atoms with E-state index in [4.69, 9.17) is 0 Å².